The molecule has 0 aliphatic rings. The van der Waals surface area contributed by atoms with Crippen LogP contribution in [0.1, 0.15) is 12.8 Å². The van der Waals surface area contributed by atoms with Crippen molar-refractivity contribution < 1.29 is 24.6 Å². The van der Waals surface area contributed by atoms with E-state index >= 15 is 0 Å². The van der Waals surface area contributed by atoms with Crippen LogP contribution in [-0.4, -0.2) is 41.3 Å². The fraction of sp³-hybridized carbons (Fsp3) is 0.571. The predicted molar refractivity (Wildman–Crippen MR) is 45.5 cm³/mol. The summed E-state index contributed by atoms with van der Waals surface area (Å²) in [4.78, 5) is 30.5. The smallest absolute Gasteiger partial charge is 0.320 e. The van der Waals surface area contributed by atoms with Crippen LogP contribution in [0.5, 0.6) is 0 Å². The van der Waals surface area contributed by atoms with Crippen LogP contribution >= 0.6 is 0 Å². The van der Waals surface area contributed by atoms with Gasteiger partial charge in [0.2, 0.25) is 6.41 Å². The first-order chi connectivity index (χ1) is 6.57. The Morgan fingerprint density at radius 3 is 2.43 bits per heavy atom. The number of rotatable bonds is 8. The lowest BCUT2D eigenvalue weighted by Gasteiger charge is -2.12. The second kappa shape index (κ2) is 6.84. The fourth-order valence-electron chi connectivity index (χ4n) is 0.804. The number of amides is 1. The van der Waals surface area contributed by atoms with Crippen molar-refractivity contribution in [1.82, 2.24) is 10.6 Å². The van der Waals surface area contributed by atoms with Gasteiger partial charge < -0.3 is 15.5 Å². The number of carbonyl (C=O) groups is 3. The first-order valence-electron chi connectivity index (χ1n) is 3.93. The number of carbonyl (C=O) groups excluding carboxylic acids is 1. The lowest BCUT2D eigenvalue weighted by molar-refractivity contribution is -0.140. The van der Waals surface area contributed by atoms with Crippen molar-refractivity contribution in [1.29, 1.82) is 0 Å². The Hall–Kier alpha value is -1.63. The summed E-state index contributed by atoms with van der Waals surface area (Å²) in [5.74, 6) is -2.19. The van der Waals surface area contributed by atoms with Gasteiger partial charge in [-0.1, -0.05) is 0 Å². The molecule has 0 aliphatic heterocycles. The molecule has 0 unspecified atom stereocenters. The van der Waals surface area contributed by atoms with Gasteiger partial charge in [0, 0.05) is 6.42 Å². The topological polar surface area (TPSA) is 116 Å². The molecule has 0 saturated heterocycles. The van der Waals surface area contributed by atoms with Crippen molar-refractivity contribution in [2.24, 2.45) is 0 Å². The summed E-state index contributed by atoms with van der Waals surface area (Å²) >= 11 is 0. The molecule has 0 bridgehead atoms. The minimum absolute atomic E-state index is 0.0000850. The first kappa shape index (κ1) is 12.4. The molecule has 0 radical (unpaired) electrons. The molecule has 7 heteroatoms. The summed E-state index contributed by atoms with van der Waals surface area (Å²) in [6, 6.07) is -0.960. The van der Waals surface area contributed by atoms with E-state index in [4.69, 9.17) is 10.2 Å². The van der Waals surface area contributed by atoms with Crippen LogP contribution in [0.4, 0.5) is 0 Å². The summed E-state index contributed by atoms with van der Waals surface area (Å²) in [5.41, 5.74) is 0. The molecule has 0 heterocycles. The Bertz CT molecular complexity index is 218. The van der Waals surface area contributed by atoms with Gasteiger partial charge in [-0.2, -0.15) is 0 Å². The Balaban J connectivity index is 3.83. The molecular weight excluding hydrogens is 192 g/mol. The monoisotopic (exact) mass is 204 g/mol. The zero-order chi connectivity index (χ0) is 11.0. The van der Waals surface area contributed by atoms with Crippen molar-refractivity contribution in [3.05, 3.63) is 0 Å². The van der Waals surface area contributed by atoms with Gasteiger partial charge in [0.1, 0.15) is 6.04 Å². The van der Waals surface area contributed by atoms with Gasteiger partial charge in [-0.15, -0.1) is 0 Å². The van der Waals surface area contributed by atoms with E-state index in [-0.39, 0.29) is 19.5 Å². The molecule has 80 valence electrons. The van der Waals surface area contributed by atoms with Crippen molar-refractivity contribution in [2.75, 3.05) is 6.67 Å². The van der Waals surface area contributed by atoms with Crippen molar-refractivity contribution in [3.8, 4) is 0 Å². The average Bonchev–Trinajstić information content (AvgIpc) is 2.10. The molecule has 0 spiro atoms. The van der Waals surface area contributed by atoms with Gasteiger partial charge in [-0.3, -0.25) is 19.7 Å². The third-order valence-corrected chi connectivity index (χ3v) is 1.48. The molecule has 1 amide bonds. The molecule has 0 aromatic rings. The molecule has 14 heavy (non-hydrogen) atoms. The van der Waals surface area contributed by atoms with E-state index in [1.807, 2.05) is 0 Å². The number of carboxylic acids is 2. The number of hydrogen-bond donors (Lipinski definition) is 4. The summed E-state index contributed by atoms with van der Waals surface area (Å²) in [6.07, 6.45) is 0.166. The zero-order valence-corrected chi connectivity index (χ0v) is 7.40. The Kier molecular flexibility index (Phi) is 6.04. The maximum absolute atomic E-state index is 10.5. The van der Waals surface area contributed by atoms with Crippen molar-refractivity contribution >= 4 is 18.3 Å². The summed E-state index contributed by atoms with van der Waals surface area (Å²) in [6.45, 7) is 0.0000850. The largest absolute Gasteiger partial charge is 0.481 e. The predicted octanol–water partition coefficient (Wildman–Crippen LogP) is -1.40. The van der Waals surface area contributed by atoms with E-state index < -0.39 is 18.0 Å². The standard InChI is InChI=1S/C7H12N2O5/c10-4-8-3-9-5(7(13)14)1-2-6(11)12/h4-5,9H,1-3H2,(H,8,10)(H,11,12)(H,13,14)/t5-/m1/s1. The van der Waals surface area contributed by atoms with Crippen LogP contribution in [0.2, 0.25) is 0 Å². The van der Waals surface area contributed by atoms with E-state index in [9.17, 15) is 14.4 Å². The molecule has 7 nitrogen and oxygen atoms in total. The SMILES string of the molecule is O=CNCN[C@H](CCC(=O)O)C(=O)O. The summed E-state index contributed by atoms with van der Waals surface area (Å²) < 4.78 is 0. The highest BCUT2D eigenvalue weighted by atomic mass is 16.4. The summed E-state index contributed by atoms with van der Waals surface area (Å²) in [5, 5.41) is 21.6. The van der Waals surface area contributed by atoms with Gasteiger partial charge in [0.15, 0.2) is 0 Å². The van der Waals surface area contributed by atoms with Crippen LogP contribution in [-0.2, 0) is 14.4 Å². The minimum atomic E-state index is -1.14. The molecule has 4 N–H and O–H groups in total. The molecular formula is C7H12N2O5. The van der Waals surface area contributed by atoms with E-state index in [2.05, 4.69) is 10.6 Å². The molecule has 0 aromatic carbocycles. The van der Waals surface area contributed by atoms with Crippen LogP contribution < -0.4 is 10.6 Å². The van der Waals surface area contributed by atoms with Gasteiger partial charge in [0.25, 0.3) is 0 Å². The number of aliphatic carboxylic acids is 2. The highest BCUT2D eigenvalue weighted by Gasteiger charge is 2.17. The van der Waals surface area contributed by atoms with Gasteiger partial charge in [0.05, 0.1) is 6.67 Å². The fourth-order valence-corrected chi connectivity index (χ4v) is 0.804. The van der Waals surface area contributed by atoms with Gasteiger partial charge >= 0.3 is 11.9 Å². The average molecular weight is 204 g/mol. The molecule has 0 saturated carbocycles. The second-order valence-corrected chi connectivity index (χ2v) is 2.53. The normalized spacial score (nSPS) is 11.7. The third kappa shape index (κ3) is 5.95. The number of carboxylic acid groups (broad SMARTS) is 2. The Morgan fingerprint density at radius 2 is 2.00 bits per heavy atom. The molecule has 0 rings (SSSR count). The first-order valence-corrected chi connectivity index (χ1v) is 3.93. The highest BCUT2D eigenvalue weighted by Crippen LogP contribution is 1.96. The van der Waals surface area contributed by atoms with Crippen molar-refractivity contribution in [3.63, 3.8) is 0 Å². The highest BCUT2D eigenvalue weighted by molar-refractivity contribution is 5.75. The van der Waals surface area contributed by atoms with Crippen LogP contribution in [0.25, 0.3) is 0 Å². The van der Waals surface area contributed by atoms with Gasteiger partial charge in [-0.05, 0) is 6.42 Å². The van der Waals surface area contributed by atoms with E-state index in [0.29, 0.717) is 6.41 Å². The van der Waals surface area contributed by atoms with E-state index in [0.717, 1.165) is 0 Å². The molecule has 1 atom stereocenters. The van der Waals surface area contributed by atoms with Crippen LogP contribution in [0, 0.1) is 0 Å². The Labute approximate surface area is 80.1 Å². The third-order valence-electron chi connectivity index (χ3n) is 1.48. The van der Waals surface area contributed by atoms with Crippen molar-refractivity contribution in [2.45, 2.75) is 18.9 Å². The van der Waals surface area contributed by atoms with E-state index in [1.54, 1.807) is 0 Å². The lowest BCUT2D eigenvalue weighted by atomic mass is 10.1. The zero-order valence-electron chi connectivity index (χ0n) is 7.40. The maximum atomic E-state index is 10.5. The second-order valence-electron chi connectivity index (χ2n) is 2.53. The quantitative estimate of drug-likeness (QED) is 0.219. The Morgan fingerprint density at radius 1 is 1.36 bits per heavy atom. The summed E-state index contributed by atoms with van der Waals surface area (Å²) in [7, 11) is 0. The number of hydrogen-bond acceptors (Lipinski definition) is 4. The van der Waals surface area contributed by atoms with Crippen LogP contribution in [0.15, 0.2) is 0 Å². The van der Waals surface area contributed by atoms with Crippen LogP contribution in [0.3, 0.4) is 0 Å². The minimum Gasteiger partial charge on any atom is -0.481 e. The maximum Gasteiger partial charge on any atom is 0.320 e. The number of nitrogens with one attached hydrogen (secondary N) is 2. The van der Waals surface area contributed by atoms with Gasteiger partial charge in [-0.25, -0.2) is 0 Å². The lowest BCUT2D eigenvalue weighted by Crippen LogP contribution is -2.41. The molecule has 0 fully saturated rings. The molecule has 0 aliphatic carbocycles. The van der Waals surface area contributed by atoms with E-state index in [1.165, 1.54) is 0 Å². The molecule has 0 aromatic heterocycles.